The summed E-state index contributed by atoms with van der Waals surface area (Å²) in [5.41, 5.74) is 0.292. The minimum absolute atomic E-state index is 0.0482. The van der Waals surface area contributed by atoms with Crippen LogP contribution in [-0.2, 0) is 9.53 Å². The standard InChI is InChI=1S/C8H12N2O2/c1-7(10)6-8(11)12-5-3-2-4-9/h10H,2-3,5-6H2,1H3. The fourth-order valence-corrected chi connectivity index (χ4v) is 0.605. The van der Waals surface area contributed by atoms with Crippen molar-refractivity contribution < 1.29 is 9.53 Å². The lowest BCUT2D eigenvalue weighted by molar-refractivity contribution is -0.142. The minimum atomic E-state index is -0.388. The number of carbonyl (C=O) groups excluding carboxylic acids is 1. The second kappa shape index (κ2) is 6.35. The Kier molecular flexibility index (Phi) is 5.62. The van der Waals surface area contributed by atoms with E-state index in [-0.39, 0.29) is 19.0 Å². The van der Waals surface area contributed by atoms with E-state index in [4.69, 9.17) is 15.4 Å². The molecule has 0 saturated carbocycles. The predicted molar refractivity (Wildman–Crippen MR) is 43.8 cm³/mol. The van der Waals surface area contributed by atoms with Crippen LogP contribution in [0.25, 0.3) is 0 Å². The highest BCUT2D eigenvalue weighted by atomic mass is 16.5. The van der Waals surface area contributed by atoms with Crippen molar-refractivity contribution in [1.82, 2.24) is 0 Å². The molecule has 0 radical (unpaired) electrons. The van der Waals surface area contributed by atoms with Crippen molar-refractivity contribution >= 4 is 11.7 Å². The van der Waals surface area contributed by atoms with Gasteiger partial charge in [-0.15, -0.1) is 0 Å². The number of nitrogens with zero attached hydrogens (tertiary/aromatic N) is 1. The van der Waals surface area contributed by atoms with Crippen LogP contribution in [-0.4, -0.2) is 18.3 Å². The fourth-order valence-electron chi connectivity index (χ4n) is 0.605. The van der Waals surface area contributed by atoms with Gasteiger partial charge in [-0.3, -0.25) is 4.79 Å². The van der Waals surface area contributed by atoms with E-state index in [0.717, 1.165) is 0 Å². The van der Waals surface area contributed by atoms with Gasteiger partial charge in [0.25, 0.3) is 0 Å². The zero-order valence-electron chi connectivity index (χ0n) is 7.09. The van der Waals surface area contributed by atoms with Gasteiger partial charge in [0.2, 0.25) is 0 Å². The first-order valence-corrected chi connectivity index (χ1v) is 3.73. The van der Waals surface area contributed by atoms with Crippen molar-refractivity contribution in [3.05, 3.63) is 0 Å². The SMILES string of the molecule is CC(=N)CC(=O)OCCCC#N. The number of carbonyl (C=O) groups is 1. The Morgan fingerprint density at radius 3 is 2.83 bits per heavy atom. The molecule has 0 bridgehead atoms. The van der Waals surface area contributed by atoms with Gasteiger partial charge in [0, 0.05) is 12.1 Å². The summed E-state index contributed by atoms with van der Waals surface area (Å²) >= 11 is 0. The van der Waals surface area contributed by atoms with Crippen molar-refractivity contribution in [1.29, 1.82) is 10.7 Å². The summed E-state index contributed by atoms with van der Waals surface area (Å²) in [4.78, 5) is 10.8. The highest BCUT2D eigenvalue weighted by Gasteiger charge is 2.02. The summed E-state index contributed by atoms with van der Waals surface area (Å²) in [5.74, 6) is -0.388. The normalized spacial score (nSPS) is 8.67. The van der Waals surface area contributed by atoms with Crippen LogP contribution in [0.2, 0.25) is 0 Å². The van der Waals surface area contributed by atoms with Gasteiger partial charge in [-0.1, -0.05) is 0 Å². The smallest absolute Gasteiger partial charge is 0.311 e. The molecule has 0 heterocycles. The summed E-state index contributed by atoms with van der Waals surface area (Å²) in [6.45, 7) is 1.83. The topological polar surface area (TPSA) is 73.9 Å². The van der Waals surface area contributed by atoms with E-state index in [2.05, 4.69) is 0 Å². The van der Waals surface area contributed by atoms with Gasteiger partial charge in [0.05, 0.1) is 19.1 Å². The van der Waals surface area contributed by atoms with E-state index >= 15 is 0 Å². The molecule has 0 saturated heterocycles. The van der Waals surface area contributed by atoms with Crippen LogP contribution in [0.5, 0.6) is 0 Å². The van der Waals surface area contributed by atoms with E-state index in [1.54, 1.807) is 6.92 Å². The lowest BCUT2D eigenvalue weighted by atomic mass is 10.3. The highest BCUT2D eigenvalue weighted by Crippen LogP contribution is 1.92. The Morgan fingerprint density at radius 2 is 2.33 bits per heavy atom. The number of ether oxygens (including phenoxy) is 1. The third-order valence-corrected chi connectivity index (χ3v) is 1.11. The van der Waals surface area contributed by atoms with Crippen molar-refractivity contribution in [2.45, 2.75) is 26.2 Å². The van der Waals surface area contributed by atoms with Crippen LogP contribution >= 0.6 is 0 Å². The first-order chi connectivity index (χ1) is 5.66. The maximum absolute atomic E-state index is 10.8. The molecule has 0 aromatic rings. The van der Waals surface area contributed by atoms with Crippen LogP contribution in [0.1, 0.15) is 26.2 Å². The zero-order chi connectivity index (χ0) is 9.40. The maximum Gasteiger partial charge on any atom is 0.311 e. The number of nitriles is 1. The molecule has 0 unspecified atom stereocenters. The molecular formula is C8H12N2O2. The molecule has 12 heavy (non-hydrogen) atoms. The molecule has 0 aliphatic heterocycles. The first-order valence-electron chi connectivity index (χ1n) is 3.73. The summed E-state index contributed by atoms with van der Waals surface area (Å²) in [5, 5.41) is 15.1. The molecule has 0 atom stereocenters. The van der Waals surface area contributed by atoms with Crippen LogP contribution < -0.4 is 0 Å². The van der Waals surface area contributed by atoms with Crippen LogP contribution in [0.3, 0.4) is 0 Å². The molecule has 4 nitrogen and oxygen atoms in total. The first kappa shape index (κ1) is 10.6. The highest BCUT2D eigenvalue weighted by molar-refractivity contribution is 5.95. The van der Waals surface area contributed by atoms with Gasteiger partial charge in [-0.25, -0.2) is 0 Å². The van der Waals surface area contributed by atoms with E-state index in [0.29, 0.717) is 18.6 Å². The molecule has 0 rings (SSSR count). The maximum atomic E-state index is 10.8. The number of rotatable bonds is 5. The van der Waals surface area contributed by atoms with Gasteiger partial charge < -0.3 is 10.1 Å². The summed E-state index contributed by atoms with van der Waals surface area (Å²) in [6.07, 6.45) is 1.02. The van der Waals surface area contributed by atoms with Gasteiger partial charge in [-0.2, -0.15) is 5.26 Å². The predicted octanol–water partition coefficient (Wildman–Crippen LogP) is 1.26. The minimum Gasteiger partial charge on any atom is -0.465 e. The van der Waals surface area contributed by atoms with E-state index in [9.17, 15) is 4.79 Å². The van der Waals surface area contributed by atoms with Crippen molar-refractivity contribution in [3.63, 3.8) is 0 Å². The quantitative estimate of drug-likeness (QED) is 0.381. The van der Waals surface area contributed by atoms with Crippen molar-refractivity contribution in [2.24, 2.45) is 0 Å². The van der Waals surface area contributed by atoms with Crippen LogP contribution in [0.4, 0.5) is 0 Å². The van der Waals surface area contributed by atoms with E-state index in [1.807, 2.05) is 6.07 Å². The third kappa shape index (κ3) is 6.75. The van der Waals surface area contributed by atoms with Crippen molar-refractivity contribution in [2.75, 3.05) is 6.61 Å². The fraction of sp³-hybridized carbons (Fsp3) is 0.625. The molecule has 0 aromatic heterocycles. The molecule has 0 aliphatic rings. The molecule has 0 aliphatic carbocycles. The Bertz CT molecular complexity index is 206. The molecule has 0 fully saturated rings. The Hall–Kier alpha value is -1.37. The molecule has 1 N–H and O–H groups in total. The number of esters is 1. The van der Waals surface area contributed by atoms with Gasteiger partial charge in [-0.05, 0) is 13.3 Å². The molecule has 0 aromatic carbocycles. The molecule has 0 spiro atoms. The second-order valence-corrected chi connectivity index (χ2v) is 2.44. The Morgan fingerprint density at radius 1 is 1.67 bits per heavy atom. The zero-order valence-corrected chi connectivity index (χ0v) is 7.09. The lowest BCUT2D eigenvalue weighted by Crippen LogP contribution is -2.09. The van der Waals surface area contributed by atoms with Gasteiger partial charge in [0.1, 0.15) is 0 Å². The summed E-state index contributed by atoms with van der Waals surface area (Å²) in [6, 6.07) is 1.95. The number of hydrogen-bond donors (Lipinski definition) is 1. The third-order valence-electron chi connectivity index (χ3n) is 1.11. The monoisotopic (exact) mass is 168 g/mol. The van der Waals surface area contributed by atoms with Crippen LogP contribution in [0, 0.1) is 16.7 Å². The Labute approximate surface area is 71.6 Å². The van der Waals surface area contributed by atoms with E-state index < -0.39 is 0 Å². The average molecular weight is 168 g/mol. The molecule has 66 valence electrons. The second-order valence-electron chi connectivity index (χ2n) is 2.44. The number of nitrogens with one attached hydrogen (secondary N) is 1. The summed E-state index contributed by atoms with van der Waals surface area (Å²) in [7, 11) is 0. The average Bonchev–Trinajstić information content (AvgIpc) is 1.97. The van der Waals surface area contributed by atoms with Gasteiger partial charge in [0.15, 0.2) is 0 Å². The largest absolute Gasteiger partial charge is 0.465 e. The lowest BCUT2D eigenvalue weighted by Gasteiger charge is -2.01. The molecular weight excluding hydrogens is 156 g/mol. The van der Waals surface area contributed by atoms with Gasteiger partial charge >= 0.3 is 5.97 Å². The molecule has 4 heteroatoms. The summed E-state index contributed by atoms with van der Waals surface area (Å²) < 4.78 is 4.72. The Balaban J connectivity index is 3.33. The number of unbranched alkanes of at least 4 members (excludes halogenated alkanes) is 1. The van der Waals surface area contributed by atoms with Crippen molar-refractivity contribution in [3.8, 4) is 6.07 Å². The number of hydrogen-bond acceptors (Lipinski definition) is 4. The van der Waals surface area contributed by atoms with Crippen LogP contribution in [0.15, 0.2) is 0 Å². The van der Waals surface area contributed by atoms with E-state index in [1.165, 1.54) is 0 Å². The molecule has 0 amide bonds.